The first-order chi connectivity index (χ1) is 8.51. The van der Waals surface area contributed by atoms with E-state index in [-0.39, 0.29) is 5.97 Å². The third kappa shape index (κ3) is 6.33. The van der Waals surface area contributed by atoms with E-state index in [2.05, 4.69) is 13.5 Å². The molecule has 0 aromatic carbocycles. The average molecular weight is 274 g/mol. The SMILES string of the molecule is C=C(C)C(=O)OCCC[Si](CCCC)(OC)OC. The van der Waals surface area contributed by atoms with Crippen LogP contribution in [0.1, 0.15) is 33.1 Å². The molecule has 0 aliphatic carbocycles. The van der Waals surface area contributed by atoms with Gasteiger partial charge in [-0.05, 0) is 25.4 Å². The van der Waals surface area contributed by atoms with Gasteiger partial charge < -0.3 is 13.6 Å². The van der Waals surface area contributed by atoms with Crippen LogP contribution in [0.5, 0.6) is 0 Å². The van der Waals surface area contributed by atoms with Gasteiger partial charge in [0.15, 0.2) is 0 Å². The Labute approximate surface area is 112 Å². The predicted octanol–water partition coefficient (Wildman–Crippen LogP) is 3.03. The Morgan fingerprint density at radius 1 is 1.17 bits per heavy atom. The summed E-state index contributed by atoms with van der Waals surface area (Å²) >= 11 is 0. The highest BCUT2D eigenvalue weighted by Crippen LogP contribution is 2.22. The molecule has 0 saturated carbocycles. The molecule has 18 heavy (non-hydrogen) atoms. The Kier molecular flexibility index (Phi) is 8.96. The van der Waals surface area contributed by atoms with E-state index in [1.54, 1.807) is 21.1 Å². The van der Waals surface area contributed by atoms with Crippen LogP contribution in [-0.4, -0.2) is 35.4 Å². The molecule has 0 aromatic rings. The molecule has 0 fully saturated rings. The van der Waals surface area contributed by atoms with E-state index < -0.39 is 8.56 Å². The van der Waals surface area contributed by atoms with E-state index in [9.17, 15) is 4.79 Å². The zero-order chi connectivity index (χ0) is 14.0. The van der Waals surface area contributed by atoms with Crippen LogP contribution < -0.4 is 0 Å². The zero-order valence-corrected chi connectivity index (χ0v) is 13.1. The number of rotatable bonds is 10. The van der Waals surface area contributed by atoms with Crippen LogP contribution in [0.4, 0.5) is 0 Å². The lowest BCUT2D eigenvalue weighted by Gasteiger charge is -2.27. The van der Waals surface area contributed by atoms with Gasteiger partial charge in [-0.1, -0.05) is 26.3 Å². The molecule has 0 N–H and O–H groups in total. The number of carbonyl (C=O) groups excluding carboxylic acids is 1. The molecule has 0 aliphatic heterocycles. The maximum atomic E-state index is 11.2. The molecular formula is C13H26O4Si. The second kappa shape index (κ2) is 9.30. The van der Waals surface area contributed by atoms with Crippen molar-refractivity contribution in [3.05, 3.63) is 12.2 Å². The van der Waals surface area contributed by atoms with E-state index in [4.69, 9.17) is 13.6 Å². The highest BCUT2D eigenvalue weighted by molar-refractivity contribution is 6.67. The number of hydrogen-bond donors (Lipinski definition) is 0. The van der Waals surface area contributed by atoms with E-state index >= 15 is 0 Å². The standard InChI is InChI=1S/C13H26O4Si/c1-6-7-10-18(15-4,16-5)11-8-9-17-13(14)12(2)3/h2,6-11H2,1,3-5H3. The fraction of sp³-hybridized carbons (Fsp3) is 0.769. The molecule has 0 heterocycles. The summed E-state index contributed by atoms with van der Waals surface area (Å²) in [6, 6.07) is 1.84. The van der Waals surface area contributed by atoms with Gasteiger partial charge in [0.25, 0.3) is 0 Å². The van der Waals surface area contributed by atoms with Crippen LogP contribution in [0.25, 0.3) is 0 Å². The summed E-state index contributed by atoms with van der Waals surface area (Å²) in [6.07, 6.45) is 3.02. The maximum Gasteiger partial charge on any atom is 0.337 e. The lowest BCUT2D eigenvalue weighted by Crippen LogP contribution is -2.40. The van der Waals surface area contributed by atoms with Gasteiger partial charge in [0.05, 0.1) is 6.61 Å². The number of esters is 1. The number of hydrogen-bond acceptors (Lipinski definition) is 4. The quantitative estimate of drug-likeness (QED) is 0.266. The molecule has 0 unspecified atom stereocenters. The van der Waals surface area contributed by atoms with Crippen LogP contribution in [0.15, 0.2) is 12.2 Å². The lowest BCUT2D eigenvalue weighted by molar-refractivity contribution is -0.138. The molecule has 0 amide bonds. The molecule has 0 spiro atoms. The van der Waals surface area contributed by atoms with Gasteiger partial charge in [0.2, 0.25) is 0 Å². The Morgan fingerprint density at radius 3 is 2.17 bits per heavy atom. The van der Waals surface area contributed by atoms with Gasteiger partial charge in [-0.15, -0.1) is 0 Å². The molecular weight excluding hydrogens is 248 g/mol. The smallest absolute Gasteiger partial charge is 0.337 e. The molecule has 4 nitrogen and oxygen atoms in total. The van der Waals surface area contributed by atoms with Gasteiger partial charge in [0.1, 0.15) is 0 Å². The van der Waals surface area contributed by atoms with Crippen molar-refractivity contribution in [3.63, 3.8) is 0 Å². The molecule has 106 valence electrons. The van der Waals surface area contributed by atoms with Crippen LogP contribution in [-0.2, 0) is 18.4 Å². The first-order valence-electron chi connectivity index (χ1n) is 6.44. The van der Waals surface area contributed by atoms with E-state index in [0.29, 0.717) is 12.2 Å². The number of carbonyl (C=O) groups is 1. The van der Waals surface area contributed by atoms with Gasteiger partial charge >= 0.3 is 14.5 Å². The van der Waals surface area contributed by atoms with Crippen LogP contribution >= 0.6 is 0 Å². The predicted molar refractivity (Wildman–Crippen MR) is 74.7 cm³/mol. The zero-order valence-electron chi connectivity index (χ0n) is 12.1. The number of unbranched alkanes of at least 4 members (excludes halogenated alkanes) is 1. The van der Waals surface area contributed by atoms with Gasteiger partial charge in [-0.3, -0.25) is 0 Å². The second-order valence-corrected chi connectivity index (χ2v) is 8.08. The van der Waals surface area contributed by atoms with Crippen LogP contribution in [0, 0.1) is 0 Å². The minimum atomic E-state index is -2.08. The molecule has 0 aromatic heterocycles. The van der Waals surface area contributed by atoms with Crippen molar-refractivity contribution in [1.82, 2.24) is 0 Å². The van der Waals surface area contributed by atoms with Crippen molar-refractivity contribution in [3.8, 4) is 0 Å². The summed E-state index contributed by atoms with van der Waals surface area (Å²) in [5.41, 5.74) is 0.433. The third-order valence-electron chi connectivity index (χ3n) is 2.94. The highest BCUT2D eigenvalue weighted by atomic mass is 28.4. The van der Waals surface area contributed by atoms with Crippen LogP contribution in [0.3, 0.4) is 0 Å². The van der Waals surface area contributed by atoms with Crippen molar-refractivity contribution >= 4 is 14.5 Å². The first kappa shape index (κ1) is 17.3. The van der Waals surface area contributed by atoms with E-state index in [1.165, 1.54) is 0 Å². The number of ether oxygens (including phenoxy) is 1. The minimum Gasteiger partial charge on any atom is -0.462 e. The van der Waals surface area contributed by atoms with Gasteiger partial charge in [0, 0.05) is 19.8 Å². The summed E-state index contributed by atoms with van der Waals surface area (Å²) < 4.78 is 16.3. The summed E-state index contributed by atoms with van der Waals surface area (Å²) in [7, 11) is 1.35. The molecule has 5 heteroatoms. The van der Waals surface area contributed by atoms with Crippen molar-refractivity contribution in [1.29, 1.82) is 0 Å². The van der Waals surface area contributed by atoms with Crippen molar-refractivity contribution in [2.24, 2.45) is 0 Å². The summed E-state index contributed by atoms with van der Waals surface area (Å²) in [6.45, 7) is 7.74. The molecule has 0 aliphatic rings. The summed E-state index contributed by atoms with van der Waals surface area (Å²) in [5.74, 6) is -0.328. The monoisotopic (exact) mass is 274 g/mol. The fourth-order valence-corrected chi connectivity index (χ4v) is 4.50. The minimum absolute atomic E-state index is 0.328. The van der Waals surface area contributed by atoms with Gasteiger partial charge in [-0.2, -0.15) is 0 Å². The Bertz CT molecular complexity index is 262. The maximum absolute atomic E-state index is 11.2. The Morgan fingerprint density at radius 2 is 1.72 bits per heavy atom. The Hall–Kier alpha value is -0.653. The van der Waals surface area contributed by atoms with Crippen molar-refractivity contribution in [2.45, 2.75) is 45.2 Å². The summed E-state index contributed by atoms with van der Waals surface area (Å²) in [5, 5.41) is 0. The average Bonchev–Trinajstić information content (AvgIpc) is 2.38. The van der Waals surface area contributed by atoms with Crippen LogP contribution in [0.2, 0.25) is 12.1 Å². The highest BCUT2D eigenvalue weighted by Gasteiger charge is 2.34. The normalized spacial score (nSPS) is 11.3. The fourth-order valence-electron chi connectivity index (χ4n) is 1.69. The van der Waals surface area contributed by atoms with E-state index in [1.807, 2.05) is 0 Å². The second-order valence-electron chi connectivity index (χ2n) is 4.44. The third-order valence-corrected chi connectivity index (χ3v) is 6.66. The first-order valence-corrected chi connectivity index (χ1v) is 8.67. The van der Waals surface area contributed by atoms with Crippen molar-refractivity contribution < 1.29 is 18.4 Å². The topological polar surface area (TPSA) is 44.8 Å². The summed E-state index contributed by atoms with van der Waals surface area (Å²) in [4.78, 5) is 11.2. The van der Waals surface area contributed by atoms with E-state index in [0.717, 1.165) is 31.4 Å². The molecule has 0 saturated heterocycles. The molecule has 0 rings (SSSR count). The molecule has 0 bridgehead atoms. The lowest BCUT2D eigenvalue weighted by atomic mass is 10.4. The largest absolute Gasteiger partial charge is 0.462 e. The van der Waals surface area contributed by atoms with Gasteiger partial charge in [-0.25, -0.2) is 4.79 Å². The van der Waals surface area contributed by atoms with Crippen molar-refractivity contribution in [2.75, 3.05) is 20.8 Å². The molecule has 0 radical (unpaired) electrons. The Balaban J connectivity index is 4.04. The molecule has 0 atom stereocenters.